The van der Waals surface area contributed by atoms with Crippen LogP contribution in [-0.4, -0.2) is 70.8 Å². The van der Waals surface area contributed by atoms with Gasteiger partial charge in [0.15, 0.2) is 6.61 Å². The average molecular weight is 599 g/mol. The Morgan fingerprint density at radius 2 is 1.73 bits per heavy atom. The van der Waals surface area contributed by atoms with Gasteiger partial charge in [-0.15, -0.1) is 0 Å². The number of anilines is 1. The second kappa shape index (κ2) is 13.6. The van der Waals surface area contributed by atoms with Gasteiger partial charge in [0.05, 0.1) is 30.0 Å². The van der Waals surface area contributed by atoms with Gasteiger partial charge in [-0.25, -0.2) is 13.8 Å². The first-order chi connectivity index (χ1) is 19.6. The fourth-order valence-electron chi connectivity index (χ4n) is 4.05. The van der Waals surface area contributed by atoms with Crippen LogP contribution < -0.4 is 14.5 Å². The lowest BCUT2D eigenvalue weighted by Crippen LogP contribution is -2.42. The highest BCUT2D eigenvalue weighted by Gasteiger charge is 2.28. The Morgan fingerprint density at radius 3 is 2.41 bits per heavy atom. The van der Waals surface area contributed by atoms with Crippen molar-refractivity contribution in [1.82, 2.24) is 10.3 Å². The van der Waals surface area contributed by atoms with Gasteiger partial charge in [0.2, 0.25) is 0 Å². The standard InChI is InChI=1S/C29H31ClN4O6S/c1-21-6-12-25(13-7-21)41(37,38)34(27-5-3-4-26(30)22(27)2)19-28(35)32-31-18-23-8-10-24(11-9-23)40-20-29(36)33-14-16-39-17-15-33/h3-13,18H,14-17,19-20H2,1-2H3,(H,32,35)/b31-18-. The van der Waals surface area contributed by atoms with Crippen molar-refractivity contribution in [2.75, 3.05) is 43.8 Å². The molecule has 2 amide bonds. The lowest BCUT2D eigenvalue weighted by Gasteiger charge is -2.26. The third-order valence-electron chi connectivity index (χ3n) is 6.41. The molecule has 3 aromatic carbocycles. The van der Waals surface area contributed by atoms with Crippen molar-refractivity contribution in [3.05, 3.63) is 88.4 Å². The van der Waals surface area contributed by atoms with Crippen LogP contribution in [0.15, 0.2) is 76.7 Å². The molecule has 4 rings (SSSR count). The molecule has 0 aromatic heterocycles. The highest BCUT2D eigenvalue weighted by Crippen LogP contribution is 2.30. The average Bonchev–Trinajstić information content (AvgIpc) is 2.97. The van der Waals surface area contributed by atoms with Gasteiger partial charge in [-0.1, -0.05) is 35.4 Å². The number of sulfonamides is 1. The molecular weight excluding hydrogens is 568 g/mol. The van der Waals surface area contributed by atoms with Gasteiger partial charge in [-0.2, -0.15) is 5.10 Å². The fraction of sp³-hybridized carbons (Fsp3) is 0.276. The Morgan fingerprint density at radius 1 is 1.05 bits per heavy atom. The summed E-state index contributed by atoms with van der Waals surface area (Å²) in [6, 6.07) is 18.1. The first-order valence-corrected chi connectivity index (χ1v) is 14.7. The number of ether oxygens (including phenoxy) is 2. The summed E-state index contributed by atoms with van der Waals surface area (Å²) in [7, 11) is -4.09. The smallest absolute Gasteiger partial charge is 0.264 e. The number of nitrogens with one attached hydrogen (secondary N) is 1. The summed E-state index contributed by atoms with van der Waals surface area (Å²) in [6.07, 6.45) is 1.42. The summed E-state index contributed by atoms with van der Waals surface area (Å²) in [4.78, 5) is 26.8. The number of amides is 2. The maximum absolute atomic E-state index is 13.6. The van der Waals surface area contributed by atoms with Gasteiger partial charge in [-0.3, -0.25) is 13.9 Å². The third-order valence-corrected chi connectivity index (χ3v) is 8.60. The molecule has 216 valence electrons. The van der Waals surface area contributed by atoms with Crippen molar-refractivity contribution < 1.29 is 27.5 Å². The van der Waals surface area contributed by atoms with E-state index in [0.29, 0.717) is 53.9 Å². The molecule has 1 fully saturated rings. The first kappa shape index (κ1) is 30.0. The second-order valence-electron chi connectivity index (χ2n) is 9.35. The number of hydrogen-bond acceptors (Lipinski definition) is 7. The zero-order valence-electron chi connectivity index (χ0n) is 22.7. The molecule has 0 atom stereocenters. The van der Waals surface area contributed by atoms with E-state index in [9.17, 15) is 18.0 Å². The van der Waals surface area contributed by atoms with Crippen molar-refractivity contribution in [1.29, 1.82) is 0 Å². The topological polar surface area (TPSA) is 118 Å². The minimum atomic E-state index is -4.09. The van der Waals surface area contributed by atoms with Crippen molar-refractivity contribution >= 4 is 45.3 Å². The molecule has 12 heteroatoms. The Balaban J connectivity index is 1.39. The van der Waals surface area contributed by atoms with E-state index in [4.69, 9.17) is 21.1 Å². The van der Waals surface area contributed by atoms with Crippen LogP contribution in [-0.2, 0) is 24.3 Å². The molecule has 1 N–H and O–H groups in total. The van der Waals surface area contributed by atoms with Crippen LogP contribution in [0.3, 0.4) is 0 Å². The van der Waals surface area contributed by atoms with Gasteiger partial charge < -0.3 is 14.4 Å². The summed E-state index contributed by atoms with van der Waals surface area (Å²) < 4.78 is 39.0. The highest BCUT2D eigenvalue weighted by molar-refractivity contribution is 7.92. The van der Waals surface area contributed by atoms with Crippen molar-refractivity contribution in [2.24, 2.45) is 5.10 Å². The fourth-order valence-corrected chi connectivity index (χ4v) is 5.70. The molecule has 0 spiro atoms. The number of halogens is 1. The number of hydrazone groups is 1. The maximum Gasteiger partial charge on any atom is 0.264 e. The number of benzene rings is 3. The van der Waals surface area contributed by atoms with Gasteiger partial charge >= 0.3 is 0 Å². The largest absolute Gasteiger partial charge is 0.484 e. The number of nitrogens with zero attached hydrogens (tertiary/aromatic N) is 3. The Labute approximate surface area is 244 Å². The number of rotatable bonds is 10. The number of hydrogen-bond donors (Lipinski definition) is 1. The van der Waals surface area contributed by atoms with E-state index in [1.807, 2.05) is 6.92 Å². The zero-order chi connectivity index (χ0) is 29.4. The Hall–Kier alpha value is -3.93. The SMILES string of the molecule is Cc1ccc(S(=O)(=O)N(CC(=O)N/N=C\c2ccc(OCC(=O)N3CCOCC3)cc2)c2cccc(Cl)c2C)cc1. The molecule has 0 saturated carbocycles. The predicted octanol–water partition coefficient (Wildman–Crippen LogP) is 3.54. The van der Waals surface area contributed by atoms with Crippen LogP contribution in [0.4, 0.5) is 5.69 Å². The molecule has 3 aromatic rings. The molecule has 1 aliphatic heterocycles. The van der Waals surface area contributed by atoms with Crippen LogP contribution in [0.2, 0.25) is 5.02 Å². The Bertz CT molecular complexity index is 1510. The lowest BCUT2D eigenvalue weighted by atomic mass is 10.2. The monoisotopic (exact) mass is 598 g/mol. The van der Waals surface area contributed by atoms with E-state index in [1.54, 1.807) is 66.4 Å². The van der Waals surface area contributed by atoms with Crippen molar-refractivity contribution in [3.63, 3.8) is 0 Å². The molecule has 1 heterocycles. The van der Waals surface area contributed by atoms with Crippen LogP contribution in [0.5, 0.6) is 5.75 Å². The van der Waals surface area contributed by atoms with E-state index < -0.39 is 22.5 Å². The van der Waals surface area contributed by atoms with Gasteiger partial charge in [0.25, 0.3) is 21.8 Å². The van der Waals surface area contributed by atoms with Gasteiger partial charge in [0.1, 0.15) is 12.3 Å². The van der Waals surface area contributed by atoms with E-state index in [0.717, 1.165) is 9.87 Å². The van der Waals surface area contributed by atoms with Crippen LogP contribution >= 0.6 is 11.6 Å². The molecule has 1 saturated heterocycles. The molecule has 41 heavy (non-hydrogen) atoms. The number of carbonyl (C=O) groups excluding carboxylic acids is 2. The Kier molecular flexibility index (Phi) is 9.98. The number of aryl methyl sites for hydroxylation is 1. The minimum Gasteiger partial charge on any atom is -0.484 e. The van der Waals surface area contributed by atoms with Crippen LogP contribution in [0.25, 0.3) is 0 Å². The van der Waals surface area contributed by atoms with Crippen molar-refractivity contribution in [3.8, 4) is 5.75 Å². The molecule has 0 radical (unpaired) electrons. The molecule has 0 unspecified atom stereocenters. The van der Waals surface area contributed by atoms with Gasteiger partial charge in [-0.05, 0) is 73.5 Å². The number of carbonyl (C=O) groups is 2. The van der Waals surface area contributed by atoms with Gasteiger partial charge in [0, 0.05) is 18.1 Å². The lowest BCUT2D eigenvalue weighted by molar-refractivity contribution is -0.137. The summed E-state index contributed by atoms with van der Waals surface area (Å²) in [5.74, 6) is -0.229. The maximum atomic E-state index is 13.6. The summed E-state index contributed by atoms with van der Waals surface area (Å²) in [6.45, 7) is 5.12. The van der Waals surface area contributed by atoms with E-state index in [-0.39, 0.29) is 17.4 Å². The highest BCUT2D eigenvalue weighted by atomic mass is 35.5. The van der Waals surface area contributed by atoms with Crippen LogP contribution in [0, 0.1) is 13.8 Å². The first-order valence-electron chi connectivity index (χ1n) is 12.9. The summed E-state index contributed by atoms with van der Waals surface area (Å²) in [5, 5.41) is 4.35. The minimum absolute atomic E-state index is 0.0488. The quantitative estimate of drug-likeness (QED) is 0.282. The number of morpholine rings is 1. The molecule has 0 bridgehead atoms. The van der Waals surface area contributed by atoms with Crippen molar-refractivity contribution in [2.45, 2.75) is 18.7 Å². The molecular formula is C29H31ClN4O6S. The third kappa shape index (κ3) is 7.84. The molecule has 10 nitrogen and oxygen atoms in total. The summed E-state index contributed by atoms with van der Waals surface area (Å²) >= 11 is 6.27. The molecule has 0 aliphatic carbocycles. The van der Waals surface area contributed by atoms with E-state index in [2.05, 4.69) is 10.5 Å². The predicted molar refractivity (Wildman–Crippen MR) is 157 cm³/mol. The molecule has 1 aliphatic rings. The second-order valence-corrected chi connectivity index (χ2v) is 11.6. The zero-order valence-corrected chi connectivity index (χ0v) is 24.3. The summed E-state index contributed by atoms with van der Waals surface area (Å²) in [5.41, 5.74) is 4.77. The van der Waals surface area contributed by atoms with E-state index in [1.165, 1.54) is 18.3 Å². The van der Waals surface area contributed by atoms with Crippen LogP contribution in [0.1, 0.15) is 16.7 Å². The van der Waals surface area contributed by atoms with E-state index >= 15 is 0 Å². The normalized spacial score (nSPS) is 13.7.